The van der Waals surface area contributed by atoms with Crippen LogP contribution in [0.4, 0.5) is 4.79 Å². The molecule has 0 N–H and O–H groups in total. The predicted octanol–water partition coefficient (Wildman–Crippen LogP) is 1.70. The summed E-state index contributed by atoms with van der Waals surface area (Å²) in [5, 5.41) is 0.840. The van der Waals surface area contributed by atoms with E-state index in [1.54, 1.807) is 6.92 Å². The molecule has 1 radical (unpaired) electrons. The van der Waals surface area contributed by atoms with E-state index in [1.807, 2.05) is 0 Å². The van der Waals surface area contributed by atoms with Crippen molar-refractivity contribution in [1.29, 1.82) is 0 Å². The number of nitrogens with zero attached hydrogens (tertiary/aromatic N) is 1. The van der Waals surface area contributed by atoms with E-state index in [1.165, 1.54) is 6.92 Å². The Morgan fingerprint density at radius 3 is 2.40 bits per heavy atom. The van der Waals surface area contributed by atoms with E-state index in [0.29, 0.717) is 6.42 Å². The molecule has 0 saturated heterocycles. The Labute approximate surface area is 89.6 Å². The molecule has 85 valence electrons. The lowest BCUT2D eigenvalue weighted by atomic mass is 10.4. The van der Waals surface area contributed by atoms with Gasteiger partial charge in [-0.2, -0.15) is 0 Å². The van der Waals surface area contributed by atoms with Crippen molar-refractivity contribution in [2.24, 2.45) is 0 Å². The number of amides is 1. The first-order chi connectivity index (χ1) is 7.02. The highest BCUT2D eigenvalue weighted by Gasteiger charge is 2.18. The number of carbonyl (C=O) groups excluding carboxylic acids is 2. The van der Waals surface area contributed by atoms with Gasteiger partial charge in [-0.15, -0.1) is 5.06 Å². The third-order valence-electron chi connectivity index (χ3n) is 1.40. The molecule has 0 bridgehead atoms. The topological polar surface area (TPSA) is 55.8 Å². The van der Waals surface area contributed by atoms with E-state index in [9.17, 15) is 9.59 Å². The lowest BCUT2D eigenvalue weighted by molar-refractivity contribution is -0.175. The SMILES string of the molecule is [CH2]CCOC(=O)N(CC)OC(=O)C(=C)C. The lowest BCUT2D eigenvalue weighted by Gasteiger charge is -2.18. The van der Waals surface area contributed by atoms with Gasteiger partial charge in [-0.3, -0.25) is 0 Å². The molecule has 0 unspecified atom stereocenters. The molecular formula is C10H16NO4. The molecule has 0 saturated carbocycles. The summed E-state index contributed by atoms with van der Waals surface area (Å²) < 4.78 is 4.74. The summed E-state index contributed by atoms with van der Waals surface area (Å²) in [4.78, 5) is 27.1. The number of hydroxylamine groups is 2. The predicted molar refractivity (Wildman–Crippen MR) is 54.6 cm³/mol. The van der Waals surface area contributed by atoms with Gasteiger partial charge in [0.25, 0.3) is 0 Å². The van der Waals surface area contributed by atoms with Gasteiger partial charge in [-0.25, -0.2) is 9.59 Å². The minimum atomic E-state index is -0.698. The lowest BCUT2D eigenvalue weighted by Crippen LogP contribution is -2.34. The van der Waals surface area contributed by atoms with E-state index < -0.39 is 12.1 Å². The monoisotopic (exact) mass is 214 g/mol. The molecule has 0 rings (SSSR count). The van der Waals surface area contributed by atoms with Crippen LogP contribution in [0.5, 0.6) is 0 Å². The van der Waals surface area contributed by atoms with Crippen LogP contribution in [0.2, 0.25) is 0 Å². The summed E-state index contributed by atoms with van der Waals surface area (Å²) in [6, 6.07) is 0. The third kappa shape index (κ3) is 5.05. The molecule has 5 nitrogen and oxygen atoms in total. The van der Waals surface area contributed by atoms with Crippen LogP contribution < -0.4 is 0 Å². The van der Waals surface area contributed by atoms with Crippen LogP contribution in [-0.2, 0) is 14.4 Å². The van der Waals surface area contributed by atoms with E-state index in [2.05, 4.69) is 13.5 Å². The minimum Gasteiger partial charge on any atom is -0.447 e. The van der Waals surface area contributed by atoms with Crippen molar-refractivity contribution >= 4 is 12.1 Å². The van der Waals surface area contributed by atoms with Gasteiger partial charge in [0.2, 0.25) is 0 Å². The molecule has 0 aromatic rings. The number of rotatable bonds is 4. The number of ether oxygens (including phenoxy) is 1. The molecule has 15 heavy (non-hydrogen) atoms. The van der Waals surface area contributed by atoms with Crippen molar-refractivity contribution < 1.29 is 19.2 Å². The maximum atomic E-state index is 11.3. The van der Waals surface area contributed by atoms with E-state index in [0.717, 1.165) is 5.06 Å². The quantitative estimate of drug-likeness (QED) is 0.528. The Bertz CT molecular complexity index is 250. The largest absolute Gasteiger partial charge is 0.447 e. The summed E-state index contributed by atoms with van der Waals surface area (Å²) in [5.74, 6) is -0.650. The van der Waals surface area contributed by atoms with Crippen molar-refractivity contribution in [2.75, 3.05) is 13.2 Å². The zero-order chi connectivity index (χ0) is 11.8. The van der Waals surface area contributed by atoms with Crippen LogP contribution in [0, 0.1) is 6.92 Å². The fourth-order valence-corrected chi connectivity index (χ4v) is 0.640. The molecule has 1 amide bonds. The Balaban J connectivity index is 4.18. The zero-order valence-corrected chi connectivity index (χ0v) is 9.12. The fourth-order valence-electron chi connectivity index (χ4n) is 0.640. The molecule has 0 aromatic carbocycles. The first-order valence-corrected chi connectivity index (χ1v) is 4.64. The first-order valence-electron chi connectivity index (χ1n) is 4.64. The average molecular weight is 214 g/mol. The average Bonchev–Trinajstić information content (AvgIpc) is 2.21. The molecule has 0 heterocycles. The summed E-state index contributed by atoms with van der Waals surface area (Å²) in [7, 11) is 0. The van der Waals surface area contributed by atoms with Gasteiger partial charge in [0, 0.05) is 5.57 Å². The second-order valence-electron chi connectivity index (χ2n) is 2.82. The molecule has 0 aliphatic heterocycles. The summed E-state index contributed by atoms with van der Waals surface area (Å²) in [6.45, 7) is 10.5. The Morgan fingerprint density at radius 2 is 2.00 bits per heavy atom. The Kier molecular flexibility index (Phi) is 6.17. The third-order valence-corrected chi connectivity index (χ3v) is 1.40. The number of hydrogen-bond acceptors (Lipinski definition) is 4. The maximum absolute atomic E-state index is 11.3. The molecule has 0 aromatic heterocycles. The van der Waals surface area contributed by atoms with Crippen LogP contribution in [0.3, 0.4) is 0 Å². The maximum Gasteiger partial charge on any atom is 0.443 e. The minimum absolute atomic E-state index is 0.194. The van der Waals surface area contributed by atoms with Gasteiger partial charge >= 0.3 is 12.1 Å². The molecule has 0 fully saturated rings. The summed E-state index contributed by atoms with van der Waals surface area (Å²) in [6.07, 6.45) is -0.228. The van der Waals surface area contributed by atoms with E-state index in [4.69, 9.17) is 9.57 Å². The van der Waals surface area contributed by atoms with Crippen molar-refractivity contribution in [1.82, 2.24) is 5.06 Å². The number of carbonyl (C=O) groups is 2. The molecule has 0 aliphatic rings. The molecule has 0 spiro atoms. The van der Waals surface area contributed by atoms with E-state index in [-0.39, 0.29) is 18.7 Å². The molecule has 0 atom stereocenters. The standard InChI is InChI=1S/C10H16NO4/c1-5-7-14-10(13)11(6-2)15-9(12)8(3)4/h1,3,5-7H2,2,4H3. The highest BCUT2D eigenvalue weighted by molar-refractivity contribution is 5.87. The summed E-state index contributed by atoms with van der Waals surface area (Å²) >= 11 is 0. The molecule has 0 aliphatic carbocycles. The van der Waals surface area contributed by atoms with Crippen molar-refractivity contribution in [3.8, 4) is 0 Å². The van der Waals surface area contributed by atoms with Crippen LogP contribution in [0.15, 0.2) is 12.2 Å². The first kappa shape index (κ1) is 13.5. The van der Waals surface area contributed by atoms with Crippen molar-refractivity contribution in [3.63, 3.8) is 0 Å². The highest BCUT2D eigenvalue weighted by Crippen LogP contribution is 2.00. The van der Waals surface area contributed by atoms with E-state index >= 15 is 0 Å². The normalized spacial score (nSPS) is 9.27. The van der Waals surface area contributed by atoms with Crippen LogP contribution >= 0.6 is 0 Å². The molecule has 5 heteroatoms. The second-order valence-corrected chi connectivity index (χ2v) is 2.82. The molecular weight excluding hydrogens is 198 g/mol. The Morgan fingerprint density at radius 1 is 1.40 bits per heavy atom. The van der Waals surface area contributed by atoms with Crippen LogP contribution in [0.25, 0.3) is 0 Å². The van der Waals surface area contributed by atoms with Gasteiger partial charge in [0.05, 0.1) is 13.2 Å². The smallest absolute Gasteiger partial charge is 0.443 e. The second kappa shape index (κ2) is 6.86. The summed E-state index contributed by atoms with van der Waals surface area (Å²) in [5.41, 5.74) is 0.221. The van der Waals surface area contributed by atoms with Gasteiger partial charge in [-0.05, 0) is 27.2 Å². The van der Waals surface area contributed by atoms with Crippen LogP contribution in [-0.4, -0.2) is 30.3 Å². The van der Waals surface area contributed by atoms with Gasteiger partial charge in [0.1, 0.15) is 0 Å². The Hall–Kier alpha value is -1.52. The zero-order valence-electron chi connectivity index (χ0n) is 9.12. The fraction of sp³-hybridized carbons (Fsp3) is 0.500. The van der Waals surface area contributed by atoms with Gasteiger partial charge in [-0.1, -0.05) is 6.58 Å². The number of hydrogen-bond donors (Lipinski definition) is 0. The van der Waals surface area contributed by atoms with Crippen molar-refractivity contribution in [2.45, 2.75) is 20.3 Å². The van der Waals surface area contributed by atoms with Gasteiger partial charge < -0.3 is 9.57 Å². The van der Waals surface area contributed by atoms with Gasteiger partial charge in [0.15, 0.2) is 0 Å². The highest BCUT2D eigenvalue weighted by atomic mass is 16.7. The van der Waals surface area contributed by atoms with Crippen LogP contribution in [0.1, 0.15) is 20.3 Å². The van der Waals surface area contributed by atoms with Crippen molar-refractivity contribution in [3.05, 3.63) is 19.1 Å².